The van der Waals surface area contributed by atoms with Gasteiger partial charge in [-0.15, -0.1) is 0 Å². The molecule has 0 unspecified atom stereocenters. The van der Waals surface area contributed by atoms with Crippen LogP contribution in [0.5, 0.6) is 0 Å². The highest BCUT2D eigenvalue weighted by atomic mass is 19.3. The van der Waals surface area contributed by atoms with Gasteiger partial charge in [0.2, 0.25) is 5.91 Å². The molecule has 1 fully saturated rings. The number of piperazine rings is 1. The Morgan fingerprint density at radius 3 is 2.11 bits per heavy atom. The van der Waals surface area contributed by atoms with Gasteiger partial charge in [-0.1, -0.05) is 27.4 Å². The zero-order chi connectivity index (χ0) is 14.0. The molecule has 0 aromatic carbocycles. The van der Waals surface area contributed by atoms with Crippen LogP contribution in [-0.2, 0) is 4.79 Å². The van der Waals surface area contributed by atoms with Gasteiger partial charge in [-0.2, -0.15) is 0 Å². The van der Waals surface area contributed by atoms with Crippen LogP contribution in [0.15, 0.2) is 12.7 Å². The van der Waals surface area contributed by atoms with E-state index in [1.54, 1.807) is 30.6 Å². The summed E-state index contributed by atoms with van der Waals surface area (Å²) in [4.78, 5) is 14.7. The van der Waals surface area contributed by atoms with Crippen LogP contribution >= 0.6 is 0 Å². The lowest BCUT2D eigenvalue weighted by Crippen LogP contribution is -2.53. The molecule has 0 aromatic rings. The van der Waals surface area contributed by atoms with Gasteiger partial charge in [0.15, 0.2) is 0 Å². The number of nitrogens with zero attached hydrogens (tertiary/aromatic N) is 2. The Hall–Kier alpha value is -0.970. The first kappa shape index (κ1) is 15.1. The number of rotatable bonds is 3. The molecule has 1 rings (SSSR count). The zero-order valence-corrected chi connectivity index (χ0v) is 11.4. The summed E-state index contributed by atoms with van der Waals surface area (Å²) >= 11 is 0. The van der Waals surface area contributed by atoms with Crippen LogP contribution in [0.25, 0.3) is 0 Å². The third-order valence-corrected chi connectivity index (χ3v) is 3.38. The molecular weight excluding hydrogens is 238 g/mol. The lowest BCUT2D eigenvalue weighted by atomic mass is 9.87. The van der Waals surface area contributed by atoms with Crippen molar-refractivity contribution < 1.29 is 13.6 Å². The number of alkyl halides is 2. The molecule has 0 radical (unpaired) electrons. The van der Waals surface area contributed by atoms with Crippen molar-refractivity contribution in [2.45, 2.75) is 26.7 Å². The first-order valence-corrected chi connectivity index (χ1v) is 6.19. The van der Waals surface area contributed by atoms with E-state index in [1.807, 2.05) is 0 Å². The van der Waals surface area contributed by atoms with Crippen molar-refractivity contribution in [3.8, 4) is 0 Å². The molecule has 1 saturated heterocycles. The second-order valence-electron chi connectivity index (χ2n) is 5.76. The molecule has 1 aliphatic heterocycles. The van der Waals surface area contributed by atoms with Gasteiger partial charge in [0, 0.05) is 31.6 Å². The standard InChI is InChI=1S/C13H22F2N2O/c1-5-11(18)17-8-6-16(7-9-17)10-13(14,15)12(2,3)4/h5H,1,6-10H2,2-4H3. The monoisotopic (exact) mass is 260 g/mol. The summed E-state index contributed by atoms with van der Waals surface area (Å²) in [6.45, 7) is 9.78. The predicted molar refractivity (Wildman–Crippen MR) is 67.6 cm³/mol. The van der Waals surface area contributed by atoms with Crippen LogP contribution in [0.3, 0.4) is 0 Å². The lowest BCUT2D eigenvalue weighted by molar-refractivity contribution is -0.133. The molecule has 0 atom stereocenters. The van der Waals surface area contributed by atoms with Crippen molar-refractivity contribution in [2.75, 3.05) is 32.7 Å². The van der Waals surface area contributed by atoms with E-state index in [0.717, 1.165) is 0 Å². The van der Waals surface area contributed by atoms with Gasteiger partial charge in [-0.05, 0) is 6.08 Å². The SMILES string of the molecule is C=CC(=O)N1CCN(CC(F)(F)C(C)(C)C)CC1. The summed E-state index contributed by atoms with van der Waals surface area (Å²) in [7, 11) is 0. The van der Waals surface area contributed by atoms with E-state index >= 15 is 0 Å². The molecule has 0 saturated carbocycles. The van der Waals surface area contributed by atoms with Gasteiger partial charge < -0.3 is 4.90 Å². The van der Waals surface area contributed by atoms with Crippen molar-refractivity contribution in [1.82, 2.24) is 9.80 Å². The Morgan fingerprint density at radius 2 is 1.72 bits per heavy atom. The minimum absolute atomic E-state index is 0.128. The van der Waals surface area contributed by atoms with Crippen molar-refractivity contribution >= 4 is 5.91 Å². The number of hydrogen-bond donors (Lipinski definition) is 0. The maximum absolute atomic E-state index is 13.9. The average molecular weight is 260 g/mol. The fourth-order valence-corrected chi connectivity index (χ4v) is 1.77. The Kier molecular flexibility index (Phi) is 4.48. The minimum atomic E-state index is -2.72. The first-order chi connectivity index (χ1) is 8.17. The summed E-state index contributed by atoms with van der Waals surface area (Å²) in [5.41, 5.74) is -1.04. The van der Waals surface area contributed by atoms with Crippen LogP contribution in [0.2, 0.25) is 0 Å². The number of carbonyl (C=O) groups is 1. The summed E-state index contributed by atoms with van der Waals surface area (Å²) in [5, 5.41) is 0. The molecule has 0 aliphatic carbocycles. The summed E-state index contributed by atoms with van der Waals surface area (Å²) < 4.78 is 27.8. The second-order valence-corrected chi connectivity index (χ2v) is 5.76. The third kappa shape index (κ3) is 3.51. The smallest absolute Gasteiger partial charge is 0.265 e. The van der Waals surface area contributed by atoms with Gasteiger partial charge in [0.05, 0.1) is 6.54 Å². The van der Waals surface area contributed by atoms with E-state index in [2.05, 4.69) is 6.58 Å². The highest BCUT2D eigenvalue weighted by molar-refractivity contribution is 5.87. The molecule has 0 bridgehead atoms. The maximum atomic E-state index is 13.9. The topological polar surface area (TPSA) is 23.6 Å². The van der Waals surface area contributed by atoms with E-state index < -0.39 is 11.3 Å². The molecular formula is C13H22F2N2O. The largest absolute Gasteiger partial charge is 0.337 e. The Bertz CT molecular complexity index is 315. The quantitative estimate of drug-likeness (QED) is 0.725. The number of carbonyl (C=O) groups excluding carboxylic acids is 1. The van der Waals surface area contributed by atoms with E-state index in [9.17, 15) is 13.6 Å². The normalized spacial score (nSPS) is 18.8. The molecule has 0 N–H and O–H groups in total. The number of halogens is 2. The maximum Gasteiger partial charge on any atom is 0.265 e. The molecule has 0 spiro atoms. The molecule has 104 valence electrons. The minimum Gasteiger partial charge on any atom is -0.337 e. The third-order valence-electron chi connectivity index (χ3n) is 3.38. The predicted octanol–water partition coefficient (Wildman–Crippen LogP) is 2.00. The van der Waals surface area contributed by atoms with Crippen LogP contribution in [-0.4, -0.2) is 54.4 Å². The van der Waals surface area contributed by atoms with E-state index in [1.165, 1.54) is 6.08 Å². The van der Waals surface area contributed by atoms with Crippen molar-refractivity contribution in [2.24, 2.45) is 5.41 Å². The Balaban J connectivity index is 2.50. The summed E-state index contributed by atoms with van der Waals surface area (Å²) in [5.74, 6) is -2.85. The Morgan fingerprint density at radius 1 is 1.22 bits per heavy atom. The van der Waals surface area contributed by atoms with E-state index in [4.69, 9.17) is 0 Å². The number of hydrogen-bond acceptors (Lipinski definition) is 2. The average Bonchev–Trinajstić information content (AvgIpc) is 2.27. The fourth-order valence-electron chi connectivity index (χ4n) is 1.77. The molecule has 3 nitrogen and oxygen atoms in total. The fraction of sp³-hybridized carbons (Fsp3) is 0.769. The van der Waals surface area contributed by atoms with Gasteiger partial charge in [0.25, 0.3) is 5.92 Å². The van der Waals surface area contributed by atoms with E-state index in [0.29, 0.717) is 26.2 Å². The van der Waals surface area contributed by atoms with Gasteiger partial charge in [0.1, 0.15) is 0 Å². The Labute approximate surface area is 107 Å². The van der Waals surface area contributed by atoms with Crippen LogP contribution in [0.4, 0.5) is 8.78 Å². The first-order valence-electron chi connectivity index (χ1n) is 6.19. The van der Waals surface area contributed by atoms with Crippen molar-refractivity contribution in [3.63, 3.8) is 0 Å². The summed E-state index contributed by atoms with van der Waals surface area (Å²) in [6, 6.07) is 0. The van der Waals surface area contributed by atoms with Crippen molar-refractivity contribution in [1.29, 1.82) is 0 Å². The van der Waals surface area contributed by atoms with Gasteiger partial charge >= 0.3 is 0 Å². The molecule has 0 aromatic heterocycles. The molecule has 18 heavy (non-hydrogen) atoms. The molecule has 1 aliphatic rings. The highest BCUT2D eigenvalue weighted by Gasteiger charge is 2.44. The van der Waals surface area contributed by atoms with Gasteiger partial charge in [-0.25, -0.2) is 8.78 Å². The number of amides is 1. The van der Waals surface area contributed by atoms with Crippen LogP contribution < -0.4 is 0 Å². The summed E-state index contributed by atoms with van der Waals surface area (Å²) in [6.07, 6.45) is 1.26. The molecule has 5 heteroatoms. The molecule has 1 amide bonds. The highest BCUT2D eigenvalue weighted by Crippen LogP contribution is 2.36. The van der Waals surface area contributed by atoms with Gasteiger partial charge in [-0.3, -0.25) is 9.69 Å². The lowest BCUT2D eigenvalue weighted by Gasteiger charge is -2.39. The van der Waals surface area contributed by atoms with Crippen molar-refractivity contribution in [3.05, 3.63) is 12.7 Å². The van der Waals surface area contributed by atoms with E-state index in [-0.39, 0.29) is 12.5 Å². The second kappa shape index (κ2) is 5.34. The zero-order valence-electron chi connectivity index (χ0n) is 11.4. The van der Waals surface area contributed by atoms with Crippen LogP contribution in [0.1, 0.15) is 20.8 Å². The molecule has 1 heterocycles. The van der Waals surface area contributed by atoms with Crippen LogP contribution in [0, 0.1) is 5.41 Å².